The first-order valence-electron chi connectivity index (χ1n) is 10.4. The lowest BCUT2D eigenvalue weighted by atomic mass is 9.98. The SMILES string of the molecule is CC(C)(C)OC(=O)C(N)CC(NC(=O)OCC1c2ccccc2-c2ccccc21)C(=O)O. The molecule has 0 bridgehead atoms. The number of aliphatic carboxylic acids is 1. The zero-order valence-corrected chi connectivity index (χ0v) is 18.3. The second-order valence-electron chi connectivity index (χ2n) is 8.74. The first-order valence-corrected chi connectivity index (χ1v) is 10.4. The summed E-state index contributed by atoms with van der Waals surface area (Å²) in [6, 6.07) is 13.2. The summed E-state index contributed by atoms with van der Waals surface area (Å²) in [6.45, 7) is 5.09. The van der Waals surface area contributed by atoms with Gasteiger partial charge >= 0.3 is 18.0 Å². The molecule has 0 heterocycles. The second-order valence-corrected chi connectivity index (χ2v) is 8.74. The maximum absolute atomic E-state index is 12.4. The van der Waals surface area contributed by atoms with Crippen LogP contribution in [0.4, 0.5) is 4.79 Å². The highest BCUT2D eigenvalue weighted by atomic mass is 16.6. The van der Waals surface area contributed by atoms with Crippen molar-refractivity contribution in [3.8, 4) is 11.1 Å². The molecule has 0 fully saturated rings. The molecule has 0 saturated heterocycles. The van der Waals surface area contributed by atoms with E-state index in [1.165, 1.54) is 0 Å². The summed E-state index contributed by atoms with van der Waals surface area (Å²) in [7, 11) is 0. The first-order chi connectivity index (χ1) is 15.1. The lowest BCUT2D eigenvalue weighted by Crippen LogP contribution is -2.48. The van der Waals surface area contributed by atoms with E-state index in [1.807, 2.05) is 48.5 Å². The minimum Gasteiger partial charge on any atom is -0.480 e. The number of carboxylic acid groups (broad SMARTS) is 1. The van der Waals surface area contributed by atoms with Crippen molar-refractivity contribution < 1.29 is 29.0 Å². The van der Waals surface area contributed by atoms with E-state index in [0.717, 1.165) is 22.3 Å². The van der Waals surface area contributed by atoms with Crippen molar-refractivity contribution in [2.45, 2.75) is 50.8 Å². The third kappa shape index (κ3) is 5.45. The van der Waals surface area contributed by atoms with Crippen LogP contribution in [0.25, 0.3) is 11.1 Å². The Kier molecular flexibility index (Phi) is 6.84. The largest absolute Gasteiger partial charge is 0.480 e. The maximum atomic E-state index is 12.4. The Bertz CT molecular complexity index is 968. The van der Waals surface area contributed by atoms with Gasteiger partial charge in [0, 0.05) is 12.3 Å². The molecule has 4 N–H and O–H groups in total. The van der Waals surface area contributed by atoms with Crippen LogP contribution in [0.3, 0.4) is 0 Å². The van der Waals surface area contributed by atoms with Crippen LogP contribution in [0.5, 0.6) is 0 Å². The highest BCUT2D eigenvalue weighted by molar-refractivity contribution is 5.83. The summed E-state index contributed by atoms with van der Waals surface area (Å²) >= 11 is 0. The fourth-order valence-corrected chi connectivity index (χ4v) is 3.73. The highest BCUT2D eigenvalue weighted by Gasteiger charge is 2.31. The van der Waals surface area contributed by atoms with E-state index in [9.17, 15) is 19.5 Å². The van der Waals surface area contributed by atoms with Crippen molar-refractivity contribution in [2.75, 3.05) is 6.61 Å². The monoisotopic (exact) mass is 440 g/mol. The molecule has 2 unspecified atom stereocenters. The third-order valence-corrected chi connectivity index (χ3v) is 5.13. The van der Waals surface area contributed by atoms with Crippen molar-refractivity contribution in [1.82, 2.24) is 5.32 Å². The lowest BCUT2D eigenvalue weighted by Gasteiger charge is -2.24. The van der Waals surface area contributed by atoms with E-state index in [4.69, 9.17) is 15.2 Å². The van der Waals surface area contributed by atoms with Crippen molar-refractivity contribution in [2.24, 2.45) is 5.73 Å². The molecule has 0 saturated carbocycles. The highest BCUT2D eigenvalue weighted by Crippen LogP contribution is 2.44. The molecule has 2 aromatic carbocycles. The molecule has 0 aromatic heterocycles. The summed E-state index contributed by atoms with van der Waals surface area (Å²) in [5.41, 5.74) is 9.30. The van der Waals surface area contributed by atoms with Gasteiger partial charge in [0.15, 0.2) is 0 Å². The average Bonchev–Trinajstić information content (AvgIpc) is 3.04. The van der Waals surface area contributed by atoms with Crippen molar-refractivity contribution in [1.29, 1.82) is 0 Å². The molecular weight excluding hydrogens is 412 g/mol. The Labute approximate surface area is 186 Å². The normalized spacial score (nSPS) is 14.6. The number of rotatable bonds is 7. The fourth-order valence-electron chi connectivity index (χ4n) is 3.73. The van der Waals surface area contributed by atoms with E-state index in [2.05, 4.69) is 5.32 Å². The van der Waals surface area contributed by atoms with Crippen LogP contribution >= 0.6 is 0 Å². The zero-order valence-electron chi connectivity index (χ0n) is 18.3. The Morgan fingerprint density at radius 2 is 1.56 bits per heavy atom. The third-order valence-electron chi connectivity index (χ3n) is 5.13. The van der Waals surface area contributed by atoms with Gasteiger partial charge in [-0.2, -0.15) is 0 Å². The van der Waals surface area contributed by atoms with Gasteiger partial charge in [0.25, 0.3) is 0 Å². The molecule has 2 atom stereocenters. The number of fused-ring (bicyclic) bond motifs is 3. The van der Waals surface area contributed by atoms with Crippen LogP contribution in [0.15, 0.2) is 48.5 Å². The minimum absolute atomic E-state index is 0.0460. The summed E-state index contributed by atoms with van der Waals surface area (Å²) in [6.07, 6.45) is -1.22. The van der Waals surface area contributed by atoms with Crippen LogP contribution in [-0.4, -0.2) is 47.4 Å². The number of alkyl carbamates (subject to hydrolysis) is 1. The number of esters is 1. The molecule has 1 aliphatic rings. The van der Waals surface area contributed by atoms with Crippen LogP contribution in [0.2, 0.25) is 0 Å². The number of amides is 1. The van der Waals surface area contributed by atoms with Gasteiger partial charge < -0.3 is 25.6 Å². The van der Waals surface area contributed by atoms with Gasteiger partial charge in [0.1, 0.15) is 24.3 Å². The predicted octanol–water partition coefficient (Wildman–Crippen LogP) is 3.04. The maximum Gasteiger partial charge on any atom is 0.407 e. The molecule has 0 aliphatic heterocycles. The number of nitrogens with two attached hydrogens (primary N) is 1. The van der Waals surface area contributed by atoms with Gasteiger partial charge in [-0.15, -0.1) is 0 Å². The quantitative estimate of drug-likeness (QED) is 0.565. The summed E-state index contributed by atoms with van der Waals surface area (Å²) in [4.78, 5) is 36.0. The topological polar surface area (TPSA) is 128 Å². The number of carbonyl (C=O) groups is 3. The van der Waals surface area contributed by atoms with Gasteiger partial charge in [-0.3, -0.25) is 4.79 Å². The predicted molar refractivity (Wildman–Crippen MR) is 118 cm³/mol. The fraction of sp³-hybridized carbons (Fsp3) is 0.375. The standard InChI is InChI=1S/C24H28N2O6/c1-24(2,3)32-22(29)19(25)12-20(21(27)28)26-23(30)31-13-18-16-10-6-4-8-14(16)15-9-5-7-11-17(15)18/h4-11,18-20H,12-13,25H2,1-3H3,(H,26,30)(H,27,28). The molecule has 2 aromatic rings. The number of carbonyl (C=O) groups excluding carboxylic acids is 2. The molecule has 3 rings (SSSR count). The number of ether oxygens (including phenoxy) is 2. The number of hydrogen-bond acceptors (Lipinski definition) is 6. The average molecular weight is 440 g/mol. The van der Waals surface area contributed by atoms with Gasteiger partial charge in [-0.05, 0) is 43.0 Å². The van der Waals surface area contributed by atoms with Crippen molar-refractivity contribution in [3.63, 3.8) is 0 Å². The molecule has 32 heavy (non-hydrogen) atoms. The smallest absolute Gasteiger partial charge is 0.407 e. The molecule has 1 aliphatic carbocycles. The molecule has 170 valence electrons. The van der Waals surface area contributed by atoms with Gasteiger partial charge in [-0.1, -0.05) is 48.5 Å². The minimum atomic E-state index is -1.40. The van der Waals surface area contributed by atoms with Crippen LogP contribution < -0.4 is 11.1 Å². The Morgan fingerprint density at radius 1 is 1.03 bits per heavy atom. The summed E-state index contributed by atoms with van der Waals surface area (Å²) in [5.74, 6) is -2.21. The molecule has 0 spiro atoms. The van der Waals surface area contributed by atoms with E-state index < -0.39 is 35.7 Å². The molecule has 8 heteroatoms. The molecular formula is C24H28N2O6. The van der Waals surface area contributed by atoms with Gasteiger partial charge in [0.05, 0.1) is 0 Å². The number of benzene rings is 2. The van der Waals surface area contributed by atoms with E-state index in [1.54, 1.807) is 20.8 Å². The zero-order chi connectivity index (χ0) is 23.5. The van der Waals surface area contributed by atoms with E-state index in [0.29, 0.717) is 0 Å². The van der Waals surface area contributed by atoms with Gasteiger partial charge in [0.2, 0.25) is 0 Å². The molecule has 0 radical (unpaired) electrons. The molecule has 1 amide bonds. The Hall–Kier alpha value is -3.39. The summed E-state index contributed by atoms with van der Waals surface area (Å²) in [5, 5.41) is 11.7. The molecule has 8 nitrogen and oxygen atoms in total. The number of hydrogen-bond donors (Lipinski definition) is 3. The summed E-state index contributed by atoms with van der Waals surface area (Å²) < 4.78 is 10.5. The van der Waals surface area contributed by atoms with E-state index in [-0.39, 0.29) is 18.9 Å². The van der Waals surface area contributed by atoms with Crippen LogP contribution in [0, 0.1) is 0 Å². The number of carboxylic acids is 1. The Morgan fingerprint density at radius 3 is 2.06 bits per heavy atom. The van der Waals surface area contributed by atoms with Crippen LogP contribution in [0.1, 0.15) is 44.2 Å². The Balaban J connectivity index is 1.62. The lowest BCUT2D eigenvalue weighted by molar-refractivity contribution is -0.157. The van der Waals surface area contributed by atoms with Gasteiger partial charge in [-0.25, -0.2) is 9.59 Å². The van der Waals surface area contributed by atoms with Crippen LogP contribution in [-0.2, 0) is 19.1 Å². The second kappa shape index (κ2) is 9.40. The van der Waals surface area contributed by atoms with E-state index >= 15 is 0 Å². The van der Waals surface area contributed by atoms with Crippen molar-refractivity contribution >= 4 is 18.0 Å². The van der Waals surface area contributed by atoms with Crippen molar-refractivity contribution in [3.05, 3.63) is 59.7 Å². The number of nitrogens with one attached hydrogen (secondary N) is 1. The first kappa shape index (κ1) is 23.3.